The molecule has 0 aromatic heterocycles. The fourth-order valence-corrected chi connectivity index (χ4v) is 2.70. The molecule has 1 nitrogen and oxygen atoms in total. The molecule has 0 aliphatic heterocycles. The van der Waals surface area contributed by atoms with Crippen LogP contribution in [0.25, 0.3) is 0 Å². The highest BCUT2D eigenvalue weighted by atomic mass is 14.9. The van der Waals surface area contributed by atoms with Crippen molar-refractivity contribution in [2.24, 2.45) is 11.3 Å². The highest BCUT2D eigenvalue weighted by Gasteiger charge is 2.25. The summed E-state index contributed by atoms with van der Waals surface area (Å²) < 4.78 is 0. The summed E-state index contributed by atoms with van der Waals surface area (Å²) in [7, 11) is 0. The highest BCUT2D eigenvalue weighted by Crippen LogP contribution is 2.34. The Morgan fingerprint density at radius 1 is 1.00 bits per heavy atom. The van der Waals surface area contributed by atoms with Crippen molar-refractivity contribution in [2.75, 3.05) is 6.54 Å². The molecule has 1 aromatic rings. The van der Waals surface area contributed by atoms with Crippen LogP contribution in [0.3, 0.4) is 0 Å². The topological polar surface area (TPSA) is 12.0 Å². The standard InChI is InChI=1S/C20H35N/c1-9-10-21-19(13-17(5)20(6,7)8)18-12-15(3)14(2)11-16(18)4/h11-12,17,19,21H,9-10,13H2,1-8H3. The van der Waals surface area contributed by atoms with Crippen LogP contribution in [-0.4, -0.2) is 6.54 Å². The molecule has 0 aliphatic carbocycles. The van der Waals surface area contributed by atoms with Gasteiger partial charge in [0, 0.05) is 6.04 Å². The Hall–Kier alpha value is -0.820. The van der Waals surface area contributed by atoms with E-state index < -0.39 is 0 Å². The van der Waals surface area contributed by atoms with E-state index in [1.54, 1.807) is 0 Å². The number of rotatable bonds is 6. The van der Waals surface area contributed by atoms with Crippen LogP contribution in [0.4, 0.5) is 0 Å². The van der Waals surface area contributed by atoms with Crippen molar-refractivity contribution < 1.29 is 0 Å². The predicted molar refractivity (Wildman–Crippen MR) is 94.9 cm³/mol. The van der Waals surface area contributed by atoms with Crippen molar-refractivity contribution in [1.29, 1.82) is 0 Å². The van der Waals surface area contributed by atoms with E-state index in [2.05, 4.69) is 72.8 Å². The highest BCUT2D eigenvalue weighted by molar-refractivity contribution is 5.38. The molecule has 21 heavy (non-hydrogen) atoms. The second-order valence-corrected chi connectivity index (χ2v) is 7.80. The van der Waals surface area contributed by atoms with Crippen molar-refractivity contribution in [3.05, 3.63) is 34.4 Å². The summed E-state index contributed by atoms with van der Waals surface area (Å²) in [6.07, 6.45) is 2.39. The van der Waals surface area contributed by atoms with Crippen molar-refractivity contribution in [3.63, 3.8) is 0 Å². The Morgan fingerprint density at radius 2 is 1.57 bits per heavy atom. The Balaban J connectivity index is 3.05. The number of hydrogen-bond donors (Lipinski definition) is 1. The van der Waals surface area contributed by atoms with Gasteiger partial charge in [-0.25, -0.2) is 0 Å². The minimum atomic E-state index is 0.361. The predicted octanol–water partition coefficient (Wildman–Crippen LogP) is 5.72. The summed E-state index contributed by atoms with van der Waals surface area (Å²) in [5.41, 5.74) is 6.08. The van der Waals surface area contributed by atoms with Gasteiger partial charge in [0.05, 0.1) is 0 Å². The van der Waals surface area contributed by atoms with Gasteiger partial charge in [-0.2, -0.15) is 0 Å². The van der Waals surface area contributed by atoms with Crippen molar-refractivity contribution >= 4 is 0 Å². The number of hydrogen-bond acceptors (Lipinski definition) is 1. The maximum Gasteiger partial charge on any atom is 0.0325 e. The first-order valence-corrected chi connectivity index (χ1v) is 8.48. The van der Waals surface area contributed by atoms with Gasteiger partial charge in [-0.1, -0.05) is 46.8 Å². The van der Waals surface area contributed by atoms with Crippen LogP contribution in [0, 0.1) is 32.1 Å². The van der Waals surface area contributed by atoms with Gasteiger partial charge >= 0.3 is 0 Å². The maximum absolute atomic E-state index is 3.78. The average Bonchev–Trinajstić information content (AvgIpc) is 2.37. The van der Waals surface area contributed by atoms with E-state index >= 15 is 0 Å². The van der Waals surface area contributed by atoms with Crippen molar-refractivity contribution in [1.82, 2.24) is 5.32 Å². The van der Waals surface area contributed by atoms with Crippen molar-refractivity contribution in [2.45, 2.75) is 74.3 Å². The van der Waals surface area contributed by atoms with Gasteiger partial charge in [0.2, 0.25) is 0 Å². The third-order valence-corrected chi connectivity index (χ3v) is 4.97. The molecular weight excluding hydrogens is 254 g/mol. The van der Waals surface area contributed by atoms with Crippen LogP contribution in [0.5, 0.6) is 0 Å². The molecule has 1 rings (SSSR count). The molecule has 2 unspecified atom stereocenters. The normalized spacial score (nSPS) is 15.0. The Kier molecular flexibility index (Phi) is 6.46. The Bertz CT molecular complexity index is 454. The van der Waals surface area contributed by atoms with E-state index in [4.69, 9.17) is 0 Å². The molecular formula is C20H35N. The summed E-state index contributed by atoms with van der Waals surface area (Å²) in [6.45, 7) is 19.5. The van der Waals surface area contributed by atoms with Crippen molar-refractivity contribution in [3.8, 4) is 0 Å². The SMILES string of the molecule is CCCNC(CC(C)C(C)(C)C)c1cc(C)c(C)cc1C. The molecule has 1 heteroatoms. The minimum Gasteiger partial charge on any atom is -0.310 e. The van der Waals surface area contributed by atoms with E-state index in [0.717, 1.165) is 6.54 Å². The molecule has 0 fully saturated rings. The summed E-state index contributed by atoms with van der Waals surface area (Å²) >= 11 is 0. The zero-order chi connectivity index (χ0) is 16.2. The van der Waals surface area contributed by atoms with E-state index in [1.807, 2.05) is 0 Å². The fraction of sp³-hybridized carbons (Fsp3) is 0.700. The first kappa shape index (κ1) is 18.2. The maximum atomic E-state index is 3.78. The minimum absolute atomic E-state index is 0.361. The third kappa shape index (κ3) is 5.14. The molecule has 0 heterocycles. The van der Waals surface area contributed by atoms with Gasteiger partial charge in [-0.3, -0.25) is 0 Å². The van der Waals surface area contributed by atoms with Gasteiger partial charge in [-0.05, 0) is 73.7 Å². The van der Waals surface area contributed by atoms with Gasteiger partial charge < -0.3 is 5.32 Å². The monoisotopic (exact) mass is 289 g/mol. The van der Waals surface area contributed by atoms with Gasteiger partial charge in [0.15, 0.2) is 0 Å². The number of benzene rings is 1. The van der Waals surface area contributed by atoms with Gasteiger partial charge in [0.25, 0.3) is 0 Å². The fourth-order valence-electron chi connectivity index (χ4n) is 2.70. The number of nitrogens with one attached hydrogen (secondary N) is 1. The second-order valence-electron chi connectivity index (χ2n) is 7.80. The van der Waals surface area contributed by atoms with Crippen LogP contribution in [-0.2, 0) is 0 Å². The van der Waals surface area contributed by atoms with E-state index in [-0.39, 0.29) is 0 Å². The third-order valence-electron chi connectivity index (χ3n) is 4.97. The van der Waals surface area contributed by atoms with Crippen LogP contribution in [0.15, 0.2) is 12.1 Å². The quantitative estimate of drug-likeness (QED) is 0.705. The zero-order valence-electron chi connectivity index (χ0n) is 15.4. The van der Waals surface area contributed by atoms with Crippen LogP contribution in [0.2, 0.25) is 0 Å². The first-order chi connectivity index (χ1) is 9.66. The van der Waals surface area contributed by atoms with Gasteiger partial charge in [0.1, 0.15) is 0 Å². The van der Waals surface area contributed by atoms with Crippen LogP contribution >= 0.6 is 0 Å². The lowest BCUT2D eigenvalue weighted by Crippen LogP contribution is -2.28. The van der Waals surface area contributed by atoms with E-state index in [0.29, 0.717) is 17.4 Å². The Labute approximate surface area is 132 Å². The van der Waals surface area contributed by atoms with E-state index in [1.165, 1.54) is 35.1 Å². The number of aryl methyl sites for hydroxylation is 3. The smallest absolute Gasteiger partial charge is 0.0325 e. The molecule has 0 saturated heterocycles. The largest absolute Gasteiger partial charge is 0.310 e. The molecule has 0 amide bonds. The molecule has 0 spiro atoms. The average molecular weight is 290 g/mol. The van der Waals surface area contributed by atoms with Gasteiger partial charge in [-0.15, -0.1) is 0 Å². The molecule has 2 atom stereocenters. The molecule has 1 aromatic carbocycles. The second kappa shape index (κ2) is 7.45. The molecule has 0 saturated carbocycles. The molecule has 0 aliphatic rings. The summed E-state index contributed by atoms with van der Waals surface area (Å²) in [5, 5.41) is 3.78. The lowest BCUT2D eigenvalue weighted by molar-refractivity contribution is 0.223. The summed E-state index contributed by atoms with van der Waals surface area (Å²) in [4.78, 5) is 0. The lowest BCUT2D eigenvalue weighted by atomic mass is 9.77. The summed E-state index contributed by atoms with van der Waals surface area (Å²) in [6, 6.07) is 5.21. The molecule has 120 valence electrons. The van der Waals surface area contributed by atoms with Crippen LogP contribution < -0.4 is 5.32 Å². The first-order valence-electron chi connectivity index (χ1n) is 8.48. The lowest BCUT2D eigenvalue weighted by Gasteiger charge is -2.32. The van der Waals surface area contributed by atoms with E-state index in [9.17, 15) is 0 Å². The molecule has 0 radical (unpaired) electrons. The van der Waals surface area contributed by atoms with Crippen LogP contribution in [0.1, 0.15) is 75.8 Å². The Morgan fingerprint density at radius 3 is 2.10 bits per heavy atom. The molecule has 0 bridgehead atoms. The summed E-state index contributed by atoms with van der Waals surface area (Å²) in [5.74, 6) is 0.688. The zero-order valence-corrected chi connectivity index (χ0v) is 15.4. The molecule has 1 N–H and O–H groups in total.